The van der Waals surface area contributed by atoms with Gasteiger partial charge in [0.1, 0.15) is 12.1 Å². The van der Waals surface area contributed by atoms with Crippen LogP contribution in [-0.4, -0.2) is 72.3 Å². The Hall–Kier alpha value is -0.600. The number of aliphatic hydroxyl groups excluding tert-OH is 1. The Morgan fingerprint density at radius 3 is 2.81 bits per heavy atom. The van der Waals surface area contributed by atoms with Gasteiger partial charge in [0.25, 0.3) is 0 Å². The van der Waals surface area contributed by atoms with Gasteiger partial charge in [-0.25, -0.2) is 0 Å². The largest absolute Gasteiger partial charge is 0.480 e. The van der Waals surface area contributed by atoms with Gasteiger partial charge < -0.3 is 25.0 Å². The highest BCUT2D eigenvalue weighted by Gasteiger charge is 2.47. The van der Waals surface area contributed by atoms with E-state index in [9.17, 15) is 15.0 Å². The van der Waals surface area contributed by atoms with Crippen LogP contribution in [0.3, 0.4) is 0 Å². The van der Waals surface area contributed by atoms with Gasteiger partial charge in [0.15, 0.2) is 0 Å². The fourth-order valence-electron chi connectivity index (χ4n) is 4.14. The standard InChI is InChI=1S/C20H35NO5S/c1-13-7-5-6-8-20(2,3)17-16(12-27-11-14(21-4)19(23)24)26-10-15(18(17)22)25-9-13/h14-18,21-22H,1,5-12H2,2-4H3,(H,23,24). The Balaban J connectivity index is 2.08. The number of ether oxygens (including phenoxy) is 2. The first-order chi connectivity index (χ1) is 12.8. The van der Waals surface area contributed by atoms with Crippen LogP contribution in [0.5, 0.6) is 0 Å². The van der Waals surface area contributed by atoms with Crippen molar-refractivity contribution in [2.45, 2.75) is 63.9 Å². The smallest absolute Gasteiger partial charge is 0.321 e. The Kier molecular flexibility index (Phi) is 8.62. The van der Waals surface area contributed by atoms with Crippen LogP contribution in [0.4, 0.5) is 0 Å². The molecule has 5 unspecified atom stereocenters. The van der Waals surface area contributed by atoms with Crippen molar-refractivity contribution in [3.63, 3.8) is 0 Å². The maximum absolute atomic E-state index is 11.2. The van der Waals surface area contributed by atoms with Crippen LogP contribution in [0.25, 0.3) is 0 Å². The highest BCUT2D eigenvalue weighted by molar-refractivity contribution is 7.99. The molecule has 0 spiro atoms. The number of carbonyl (C=O) groups is 1. The van der Waals surface area contributed by atoms with Gasteiger partial charge >= 0.3 is 5.97 Å². The van der Waals surface area contributed by atoms with Crippen LogP contribution in [0.1, 0.15) is 39.5 Å². The highest BCUT2D eigenvalue weighted by atomic mass is 32.2. The van der Waals surface area contributed by atoms with Gasteiger partial charge in [0.05, 0.1) is 25.4 Å². The Morgan fingerprint density at radius 2 is 2.15 bits per heavy atom. The fourth-order valence-corrected chi connectivity index (χ4v) is 5.35. The van der Waals surface area contributed by atoms with Crippen LogP contribution >= 0.6 is 11.8 Å². The average molecular weight is 402 g/mol. The molecular weight excluding hydrogens is 366 g/mol. The zero-order valence-corrected chi connectivity index (χ0v) is 17.6. The number of hydrogen-bond acceptors (Lipinski definition) is 6. The van der Waals surface area contributed by atoms with E-state index in [1.54, 1.807) is 18.8 Å². The van der Waals surface area contributed by atoms with Crippen LogP contribution in [0, 0.1) is 11.3 Å². The number of aliphatic carboxylic acids is 1. The SMILES string of the molecule is C=C1CCCCC(C)(C)C2C(CSCC(NC)C(=O)O)OCC(OC1)C2O. The Bertz CT molecular complexity index is 513. The molecule has 0 aromatic carbocycles. The number of carboxylic acids is 1. The van der Waals surface area contributed by atoms with E-state index < -0.39 is 18.1 Å². The van der Waals surface area contributed by atoms with Crippen molar-refractivity contribution in [3.8, 4) is 0 Å². The summed E-state index contributed by atoms with van der Waals surface area (Å²) in [5.74, 6) is 0.233. The number of rotatable bonds is 6. The summed E-state index contributed by atoms with van der Waals surface area (Å²) >= 11 is 1.56. The third kappa shape index (κ3) is 6.19. The molecule has 0 amide bonds. The highest BCUT2D eigenvalue weighted by Crippen LogP contribution is 2.43. The zero-order valence-electron chi connectivity index (χ0n) is 16.8. The lowest BCUT2D eigenvalue weighted by Gasteiger charge is -2.47. The van der Waals surface area contributed by atoms with Gasteiger partial charge in [-0.15, -0.1) is 0 Å². The Morgan fingerprint density at radius 1 is 1.41 bits per heavy atom. The number of aliphatic hydroxyl groups is 1. The fraction of sp³-hybridized carbons (Fsp3) is 0.850. The molecule has 2 saturated heterocycles. The summed E-state index contributed by atoms with van der Waals surface area (Å²) in [5, 5.41) is 23.1. The second-order valence-corrected chi connectivity index (χ2v) is 9.48. The minimum Gasteiger partial charge on any atom is -0.480 e. The predicted molar refractivity (Wildman–Crippen MR) is 108 cm³/mol. The van der Waals surface area contributed by atoms with E-state index in [2.05, 4.69) is 25.7 Å². The second-order valence-electron chi connectivity index (χ2n) is 8.40. The number of nitrogens with one attached hydrogen (secondary N) is 1. The van der Waals surface area contributed by atoms with Gasteiger partial charge in [-0.1, -0.05) is 32.4 Å². The van der Waals surface area contributed by atoms with E-state index in [1.165, 1.54) is 0 Å². The van der Waals surface area contributed by atoms with E-state index in [0.29, 0.717) is 24.7 Å². The molecule has 7 heteroatoms. The molecule has 2 fully saturated rings. The molecule has 0 aliphatic carbocycles. The molecule has 156 valence electrons. The quantitative estimate of drug-likeness (QED) is 0.589. The average Bonchev–Trinajstić information content (AvgIpc) is 2.61. The monoisotopic (exact) mass is 401 g/mol. The molecule has 2 aliphatic heterocycles. The summed E-state index contributed by atoms with van der Waals surface area (Å²) < 4.78 is 12.1. The van der Waals surface area contributed by atoms with Gasteiger partial charge in [0, 0.05) is 17.4 Å². The molecule has 2 heterocycles. The molecule has 2 rings (SSSR count). The first-order valence-corrected chi connectivity index (χ1v) is 11.0. The lowest BCUT2D eigenvalue weighted by Crippen LogP contribution is -2.56. The lowest BCUT2D eigenvalue weighted by atomic mass is 9.68. The molecule has 0 saturated carbocycles. The zero-order chi connectivity index (χ0) is 20.0. The van der Waals surface area contributed by atoms with Crippen molar-refractivity contribution in [1.82, 2.24) is 5.32 Å². The third-order valence-electron chi connectivity index (χ3n) is 5.84. The van der Waals surface area contributed by atoms with E-state index in [4.69, 9.17) is 9.47 Å². The molecular formula is C20H35NO5S. The first-order valence-electron chi connectivity index (χ1n) is 9.82. The second kappa shape index (κ2) is 10.3. The summed E-state index contributed by atoms with van der Waals surface area (Å²) in [6, 6.07) is -0.578. The van der Waals surface area contributed by atoms with Gasteiger partial charge in [-0.2, -0.15) is 11.8 Å². The normalized spacial score (nSPS) is 33.1. The summed E-state index contributed by atoms with van der Waals surface area (Å²) in [6.07, 6.45) is 3.09. The molecule has 27 heavy (non-hydrogen) atoms. The minimum atomic E-state index is -0.849. The number of likely N-dealkylation sites (N-methyl/N-ethyl adjacent to an activating group) is 1. The molecule has 2 bridgehead atoms. The predicted octanol–water partition coefficient (Wildman–Crippen LogP) is 2.31. The van der Waals surface area contributed by atoms with E-state index >= 15 is 0 Å². The van der Waals surface area contributed by atoms with Gasteiger partial charge in [0.2, 0.25) is 0 Å². The molecule has 2 aliphatic rings. The Labute approximate surface area is 167 Å². The molecule has 5 atom stereocenters. The van der Waals surface area contributed by atoms with Crippen molar-refractivity contribution in [1.29, 1.82) is 0 Å². The van der Waals surface area contributed by atoms with Crippen molar-refractivity contribution in [3.05, 3.63) is 12.2 Å². The minimum absolute atomic E-state index is 0.0482. The number of carboxylic acid groups (broad SMARTS) is 1. The number of thioether (sulfide) groups is 1. The summed E-state index contributed by atoms with van der Waals surface area (Å²) in [5.41, 5.74) is 0.982. The van der Waals surface area contributed by atoms with Crippen molar-refractivity contribution < 1.29 is 24.5 Å². The number of hydrogen-bond donors (Lipinski definition) is 3. The first kappa shape index (κ1) is 22.7. The van der Waals surface area contributed by atoms with Crippen LogP contribution in [-0.2, 0) is 14.3 Å². The number of fused-ring (bicyclic) bond motifs is 2. The van der Waals surface area contributed by atoms with Gasteiger partial charge in [-0.05, 0) is 31.7 Å². The van der Waals surface area contributed by atoms with E-state index in [1.807, 2.05) is 0 Å². The van der Waals surface area contributed by atoms with Crippen LogP contribution < -0.4 is 5.32 Å². The van der Waals surface area contributed by atoms with E-state index in [0.717, 1.165) is 31.3 Å². The summed E-state index contributed by atoms with van der Waals surface area (Å²) in [4.78, 5) is 11.2. The summed E-state index contributed by atoms with van der Waals surface area (Å²) in [7, 11) is 1.66. The van der Waals surface area contributed by atoms with E-state index in [-0.39, 0.29) is 23.5 Å². The molecule has 3 N–H and O–H groups in total. The summed E-state index contributed by atoms with van der Waals surface area (Å²) in [6.45, 7) is 9.31. The van der Waals surface area contributed by atoms with Crippen molar-refractivity contribution in [2.24, 2.45) is 11.3 Å². The van der Waals surface area contributed by atoms with Gasteiger partial charge in [-0.3, -0.25) is 4.79 Å². The maximum atomic E-state index is 11.2. The molecule has 0 aromatic rings. The topological polar surface area (TPSA) is 88.0 Å². The third-order valence-corrected chi connectivity index (χ3v) is 6.98. The maximum Gasteiger partial charge on any atom is 0.321 e. The van der Waals surface area contributed by atoms with Crippen molar-refractivity contribution in [2.75, 3.05) is 31.8 Å². The lowest BCUT2D eigenvalue weighted by molar-refractivity contribution is -0.193. The molecule has 0 radical (unpaired) electrons. The van der Waals surface area contributed by atoms with Crippen molar-refractivity contribution >= 4 is 17.7 Å². The molecule has 6 nitrogen and oxygen atoms in total. The molecule has 0 aromatic heterocycles. The van der Waals surface area contributed by atoms with Crippen LogP contribution in [0.2, 0.25) is 0 Å². The van der Waals surface area contributed by atoms with Crippen LogP contribution in [0.15, 0.2) is 12.2 Å².